The van der Waals surface area contributed by atoms with Crippen LogP contribution in [-0.4, -0.2) is 41.9 Å². The van der Waals surface area contributed by atoms with Gasteiger partial charge in [-0.25, -0.2) is 0 Å². The van der Waals surface area contributed by atoms with Gasteiger partial charge in [0.25, 0.3) is 0 Å². The van der Waals surface area contributed by atoms with Crippen molar-refractivity contribution in [3.8, 4) is 0 Å². The molecule has 0 aromatic carbocycles. The molecule has 1 amide bonds. The second-order valence-electron chi connectivity index (χ2n) is 6.23. The molecule has 2 fully saturated rings. The van der Waals surface area contributed by atoms with E-state index in [1.807, 2.05) is 11.3 Å². The van der Waals surface area contributed by atoms with E-state index in [1.54, 1.807) is 0 Å². The first kappa shape index (κ1) is 14.1. The summed E-state index contributed by atoms with van der Waals surface area (Å²) in [5, 5.41) is 2.14. The van der Waals surface area contributed by atoms with Crippen LogP contribution in [0, 0.1) is 5.92 Å². The summed E-state index contributed by atoms with van der Waals surface area (Å²) in [7, 11) is 0. The van der Waals surface area contributed by atoms with Gasteiger partial charge in [0.1, 0.15) is 0 Å². The zero-order valence-corrected chi connectivity index (χ0v) is 13.1. The van der Waals surface area contributed by atoms with Crippen molar-refractivity contribution < 1.29 is 4.79 Å². The number of carbonyl (C=O) groups is 1. The average molecular weight is 292 g/mol. The van der Waals surface area contributed by atoms with Crippen LogP contribution in [0.15, 0.2) is 17.5 Å². The molecule has 0 saturated carbocycles. The van der Waals surface area contributed by atoms with Crippen molar-refractivity contribution in [1.29, 1.82) is 0 Å². The Morgan fingerprint density at radius 2 is 2.20 bits per heavy atom. The second kappa shape index (κ2) is 6.27. The van der Waals surface area contributed by atoms with E-state index in [0.29, 0.717) is 24.4 Å². The van der Waals surface area contributed by atoms with Crippen LogP contribution >= 0.6 is 11.3 Å². The Balaban J connectivity index is 1.60. The van der Waals surface area contributed by atoms with Crippen LogP contribution in [0.5, 0.6) is 0 Å². The van der Waals surface area contributed by atoms with Crippen LogP contribution in [-0.2, 0) is 4.79 Å². The highest BCUT2D eigenvalue weighted by Crippen LogP contribution is 2.34. The minimum absolute atomic E-state index is 0.333. The topological polar surface area (TPSA) is 23.6 Å². The standard InChI is InChI=1S/C16H24N2OS/c1-13-5-2-9-18(11-13)16(19)12-17-8-3-6-14(17)15-7-4-10-20-15/h4,7,10,13-14H,2-3,5-6,8-9,11-12H2,1H3/t13-,14-/m1/s1. The third-order valence-corrected chi connectivity index (χ3v) is 5.56. The van der Waals surface area contributed by atoms with E-state index in [1.165, 1.54) is 30.6 Å². The molecule has 3 nitrogen and oxygen atoms in total. The molecule has 0 aliphatic carbocycles. The lowest BCUT2D eigenvalue weighted by atomic mass is 10.0. The molecule has 2 aliphatic heterocycles. The van der Waals surface area contributed by atoms with Gasteiger partial charge in [-0.05, 0) is 49.6 Å². The van der Waals surface area contributed by atoms with Crippen molar-refractivity contribution in [2.75, 3.05) is 26.2 Å². The summed E-state index contributed by atoms with van der Waals surface area (Å²) in [4.78, 5) is 18.4. The molecule has 2 atom stereocenters. The molecule has 0 bridgehead atoms. The highest BCUT2D eigenvalue weighted by Gasteiger charge is 2.30. The van der Waals surface area contributed by atoms with E-state index >= 15 is 0 Å². The molecule has 2 aliphatic rings. The maximum atomic E-state index is 12.5. The smallest absolute Gasteiger partial charge is 0.236 e. The minimum Gasteiger partial charge on any atom is -0.341 e. The lowest BCUT2D eigenvalue weighted by Gasteiger charge is -2.33. The van der Waals surface area contributed by atoms with Crippen molar-refractivity contribution in [3.63, 3.8) is 0 Å². The molecule has 1 aromatic heterocycles. The largest absolute Gasteiger partial charge is 0.341 e. The molecule has 3 heterocycles. The number of amides is 1. The highest BCUT2D eigenvalue weighted by atomic mass is 32.1. The number of piperidine rings is 1. The summed E-state index contributed by atoms with van der Waals surface area (Å²) in [5.41, 5.74) is 0. The van der Waals surface area contributed by atoms with Crippen LogP contribution < -0.4 is 0 Å². The molecule has 0 N–H and O–H groups in total. The number of nitrogens with zero attached hydrogens (tertiary/aromatic N) is 2. The fraction of sp³-hybridized carbons (Fsp3) is 0.688. The van der Waals surface area contributed by atoms with Crippen LogP contribution in [0.1, 0.15) is 43.5 Å². The molecule has 0 spiro atoms. The second-order valence-corrected chi connectivity index (χ2v) is 7.21. The van der Waals surface area contributed by atoms with Crippen molar-refractivity contribution in [2.45, 2.75) is 38.6 Å². The van der Waals surface area contributed by atoms with E-state index in [4.69, 9.17) is 0 Å². The summed E-state index contributed by atoms with van der Waals surface area (Å²) >= 11 is 1.82. The molecule has 20 heavy (non-hydrogen) atoms. The summed E-state index contributed by atoms with van der Waals surface area (Å²) < 4.78 is 0. The first-order chi connectivity index (χ1) is 9.74. The highest BCUT2D eigenvalue weighted by molar-refractivity contribution is 7.10. The Labute approximate surface area is 125 Å². The van der Waals surface area contributed by atoms with E-state index < -0.39 is 0 Å². The lowest BCUT2D eigenvalue weighted by Crippen LogP contribution is -2.44. The van der Waals surface area contributed by atoms with Crippen LogP contribution in [0.25, 0.3) is 0 Å². The predicted octanol–water partition coefficient (Wildman–Crippen LogP) is 3.14. The Bertz CT molecular complexity index is 445. The zero-order valence-electron chi connectivity index (χ0n) is 12.3. The Morgan fingerprint density at radius 3 is 2.95 bits per heavy atom. The number of likely N-dealkylation sites (tertiary alicyclic amines) is 2. The van der Waals surface area contributed by atoms with Crippen LogP contribution in [0.3, 0.4) is 0 Å². The molecule has 0 unspecified atom stereocenters. The SMILES string of the molecule is C[C@@H]1CCCN(C(=O)CN2CCC[C@@H]2c2cccs2)C1. The van der Waals surface area contributed by atoms with Crippen LogP contribution in [0.4, 0.5) is 0 Å². The summed E-state index contributed by atoms with van der Waals surface area (Å²) in [6, 6.07) is 4.80. The van der Waals surface area contributed by atoms with Crippen LogP contribution in [0.2, 0.25) is 0 Å². The van der Waals surface area contributed by atoms with Gasteiger partial charge in [-0.15, -0.1) is 11.3 Å². The van der Waals surface area contributed by atoms with Gasteiger partial charge in [-0.2, -0.15) is 0 Å². The molecule has 110 valence electrons. The summed E-state index contributed by atoms with van der Waals surface area (Å²) in [6.45, 7) is 5.84. The number of carbonyl (C=O) groups excluding carboxylic acids is 1. The van der Waals surface area contributed by atoms with Gasteiger partial charge in [0, 0.05) is 24.0 Å². The predicted molar refractivity (Wildman–Crippen MR) is 82.8 cm³/mol. The van der Waals surface area contributed by atoms with E-state index in [9.17, 15) is 4.79 Å². The van der Waals surface area contributed by atoms with Gasteiger partial charge < -0.3 is 4.90 Å². The minimum atomic E-state index is 0.333. The Morgan fingerprint density at radius 1 is 1.35 bits per heavy atom. The third kappa shape index (κ3) is 3.07. The van der Waals surface area contributed by atoms with Crippen molar-refractivity contribution >= 4 is 17.2 Å². The quantitative estimate of drug-likeness (QED) is 0.854. The molecule has 0 radical (unpaired) electrons. The lowest BCUT2D eigenvalue weighted by molar-refractivity contribution is -0.134. The first-order valence-corrected chi connectivity index (χ1v) is 8.67. The monoisotopic (exact) mass is 292 g/mol. The first-order valence-electron chi connectivity index (χ1n) is 7.79. The third-order valence-electron chi connectivity index (χ3n) is 4.58. The normalized spacial score (nSPS) is 27.9. The maximum Gasteiger partial charge on any atom is 0.236 e. The van der Waals surface area contributed by atoms with Gasteiger partial charge in [0.2, 0.25) is 5.91 Å². The average Bonchev–Trinajstić information content (AvgIpc) is 3.08. The van der Waals surface area contributed by atoms with E-state index in [2.05, 4.69) is 34.2 Å². The molecule has 2 saturated heterocycles. The molecular formula is C16H24N2OS. The van der Waals surface area contributed by atoms with E-state index in [-0.39, 0.29) is 0 Å². The Hall–Kier alpha value is -0.870. The zero-order chi connectivity index (χ0) is 13.9. The van der Waals surface area contributed by atoms with Crippen molar-refractivity contribution in [2.24, 2.45) is 5.92 Å². The number of hydrogen-bond donors (Lipinski definition) is 0. The van der Waals surface area contributed by atoms with Gasteiger partial charge in [-0.1, -0.05) is 13.0 Å². The molecule has 1 aromatic rings. The van der Waals surface area contributed by atoms with Gasteiger partial charge >= 0.3 is 0 Å². The van der Waals surface area contributed by atoms with Gasteiger partial charge in [0.15, 0.2) is 0 Å². The van der Waals surface area contributed by atoms with Gasteiger partial charge in [-0.3, -0.25) is 9.69 Å². The van der Waals surface area contributed by atoms with Crippen molar-refractivity contribution in [1.82, 2.24) is 9.80 Å². The summed E-state index contributed by atoms with van der Waals surface area (Å²) in [6.07, 6.45) is 4.85. The Kier molecular flexibility index (Phi) is 4.41. The summed E-state index contributed by atoms with van der Waals surface area (Å²) in [5.74, 6) is 0.999. The van der Waals surface area contributed by atoms with Crippen molar-refractivity contribution in [3.05, 3.63) is 22.4 Å². The molecule has 4 heteroatoms. The fourth-order valence-electron chi connectivity index (χ4n) is 3.51. The number of hydrogen-bond acceptors (Lipinski definition) is 3. The fourth-order valence-corrected chi connectivity index (χ4v) is 4.40. The molecule has 3 rings (SSSR count). The maximum absolute atomic E-state index is 12.5. The van der Waals surface area contributed by atoms with E-state index in [0.717, 1.165) is 19.6 Å². The molecular weight excluding hydrogens is 268 g/mol. The number of thiophene rings is 1. The van der Waals surface area contributed by atoms with Gasteiger partial charge in [0.05, 0.1) is 6.54 Å². The number of rotatable bonds is 3.